The van der Waals surface area contributed by atoms with Crippen molar-refractivity contribution in [3.05, 3.63) is 47.1 Å². The molecule has 0 bridgehead atoms. The third kappa shape index (κ3) is 3.52. The van der Waals surface area contributed by atoms with Gasteiger partial charge in [-0.3, -0.25) is 9.88 Å². The van der Waals surface area contributed by atoms with Crippen LogP contribution >= 0.6 is 15.9 Å². The number of nitrogens with zero attached hydrogens (tertiary/aromatic N) is 4. The first-order valence-electron chi connectivity index (χ1n) is 6.65. The Balaban J connectivity index is 1.53. The van der Waals surface area contributed by atoms with Crippen molar-refractivity contribution >= 4 is 21.7 Å². The van der Waals surface area contributed by atoms with Gasteiger partial charge in [-0.2, -0.15) is 0 Å². The molecule has 1 unspecified atom stereocenters. The molecule has 104 valence electrons. The molecule has 0 saturated carbocycles. The fourth-order valence-electron chi connectivity index (χ4n) is 2.41. The Bertz CT molecular complexity index is 545. The number of aromatic nitrogens is 3. The van der Waals surface area contributed by atoms with Crippen LogP contribution in [0.4, 0.5) is 5.82 Å². The van der Waals surface area contributed by atoms with Crippen LogP contribution in [-0.2, 0) is 6.54 Å². The van der Waals surface area contributed by atoms with E-state index in [0.29, 0.717) is 6.04 Å². The second-order valence-corrected chi connectivity index (χ2v) is 5.84. The minimum atomic E-state index is 0.445. The minimum absolute atomic E-state index is 0.445. The van der Waals surface area contributed by atoms with E-state index in [1.54, 1.807) is 12.5 Å². The van der Waals surface area contributed by atoms with Crippen LogP contribution in [0.1, 0.15) is 12.1 Å². The molecular weight excluding hydrogens is 318 g/mol. The molecule has 0 aliphatic carbocycles. The third-order valence-electron chi connectivity index (χ3n) is 3.38. The molecule has 5 nitrogen and oxygen atoms in total. The number of likely N-dealkylation sites (tertiary alicyclic amines) is 1. The van der Waals surface area contributed by atoms with Crippen molar-refractivity contribution in [2.75, 3.05) is 18.4 Å². The van der Waals surface area contributed by atoms with Gasteiger partial charge in [0.05, 0.1) is 5.69 Å². The Labute approximate surface area is 126 Å². The Hall–Kier alpha value is -1.53. The van der Waals surface area contributed by atoms with Gasteiger partial charge in [-0.25, -0.2) is 9.97 Å². The average Bonchev–Trinajstić information content (AvgIpc) is 2.90. The zero-order valence-electron chi connectivity index (χ0n) is 11.0. The molecule has 0 amide bonds. The molecule has 1 atom stereocenters. The first-order valence-corrected chi connectivity index (χ1v) is 7.44. The van der Waals surface area contributed by atoms with Gasteiger partial charge in [-0.1, -0.05) is 0 Å². The molecule has 1 saturated heterocycles. The quantitative estimate of drug-likeness (QED) is 0.930. The second kappa shape index (κ2) is 6.28. The molecule has 2 aromatic rings. The van der Waals surface area contributed by atoms with Gasteiger partial charge in [0.1, 0.15) is 12.1 Å². The largest absolute Gasteiger partial charge is 0.366 e. The molecule has 1 aliphatic heterocycles. The lowest BCUT2D eigenvalue weighted by molar-refractivity contribution is 0.324. The van der Waals surface area contributed by atoms with Crippen LogP contribution < -0.4 is 5.32 Å². The van der Waals surface area contributed by atoms with Crippen molar-refractivity contribution in [1.82, 2.24) is 19.9 Å². The number of nitrogens with one attached hydrogen (secondary N) is 1. The number of pyridine rings is 1. The lowest BCUT2D eigenvalue weighted by Crippen LogP contribution is -2.26. The fraction of sp³-hybridized carbons (Fsp3) is 0.357. The number of hydrogen-bond donors (Lipinski definition) is 1. The molecule has 1 aliphatic rings. The Morgan fingerprint density at radius 2 is 2.25 bits per heavy atom. The molecule has 3 heterocycles. The number of anilines is 1. The highest BCUT2D eigenvalue weighted by molar-refractivity contribution is 9.10. The zero-order chi connectivity index (χ0) is 13.8. The normalized spacial score (nSPS) is 19.1. The van der Waals surface area contributed by atoms with Gasteiger partial charge in [0.15, 0.2) is 0 Å². The van der Waals surface area contributed by atoms with Gasteiger partial charge in [0, 0.05) is 42.5 Å². The summed E-state index contributed by atoms with van der Waals surface area (Å²) in [6.45, 7) is 3.00. The minimum Gasteiger partial charge on any atom is -0.366 e. The summed E-state index contributed by atoms with van der Waals surface area (Å²) in [6, 6.07) is 6.45. The summed E-state index contributed by atoms with van der Waals surface area (Å²) in [6.07, 6.45) is 6.30. The summed E-state index contributed by atoms with van der Waals surface area (Å²) in [5.41, 5.74) is 1.11. The van der Waals surface area contributed by atoms with E-state index in [4.69, 9.17) is 0 Å². The van der Waals surface area contributed by atoms with Gasteiger partial charge in [0.25, 0.3) is 0 Å². The molecular formula is C14H16BrN5. The highest BCUT2D eigenvalue weighted by Gasteiger charge is 2.22. The van der Waals surface area contributed by atoms with Crippen molar-refractivity contribution < 1.29 is 0 Å². The fourth-order valence-corrected chi connectivity index (χ4v) is 2.64. The summed E-state index contributed by atoms with van der Waals surface area (Å²) in [4.78, 5) is 15.0. The van der Waals surface area contributed by atoms with Crippen molar-refractivity contribution in [2.45, 2.75) is 19.0 Å². The topological polar surface area (TPSA) is 53.9 Å². The first-order chi connectivity index (χ1) is 9.79. The molecule has 0 radical (unpaired) electrons. The lowest BCUT2D eigenvalue weighted by atomic mass is 10.2. The maximum absolute atomic E-state index is 4.42. The van der Waals surface area contributed by atoms with E-state index in [1.807, 2.05) is 18.3 Å². The summed E-state index contributed by atoms with van der Waals surface area (Å²) in [5, 5.41) is 3.45. The van der Waals surface area contributed by atoms with Crippen molar-refractivity contribution in [1.29, 1.82) is 0 Å². The molecule has 0 aromatic carbocycles. The zero-order valence-corrected chi connectivity index (χ0v) is 12.6. The maximum Gasteiger partial charge on any atom is 0.129 e. The van der Waals surface area contributed by atoms with Gasteiger partial charge in [0.2, 0.25) is 0 Å². The van der Waals surface area contributed by atoms with Gasteiger partial charge < -0.3 is 5.32 Å². The summed E-state index contributed by atoms with van der Waals surface area (Å²) >= 11 is 3.41. The highest BCUT2D eigenvalue weighted by Crippen LogP contribution is 2.16. The van der Waals surface area contributed by atoms with E-state index in [-0.39, 0.29) is 0 Å². The van der Waals surface area contributed by atoms with E-state index < -0.39 is 0 Å². The molecule has 2 aromatic heterocycles. The van der Waals surface area contributed by atoms with Crippen molar-refractivity contribution in [3.63, 3.8) is 0 Å². The SMILES string of the molecule is Brc1ccc(CN2CCC(Nc3ccncn3)C2)nc1. The van der Waals surface area contributed by atoms with Crippen LogP contribution in [0.2, 0.25) is 0 Å². The maximum atomic E-state index is 4.42. The molecule has 3 rings (SSSR count). The van der Waals surface area contributed by atoms with E-state index in [0.717, 1.165) is 42.0 Å². The van der Waals surface area contributed by atoms with Crippen LogP contribution in [-0.4, -0.2) is 39.0 Å². The summed E-state index contributed by atoms with van der Waals surface area (Å²) < 4.78 is 1.02. The van der Waals surface area contributed by atoms with Gasteiger partial charge in [-0.05, 0) is 40.5 Å². The number of hydrogen-bond acceptors (Lipinski definition) is 5. The van der Waals surface area contributed by atoms with E-state index >= 15 is 0 Å². The second-order valence-electron chi connectivity index (χ2n) is 4.93. The van der Waals surface area contributed by atoms with Crippen molar-refractivity contribution in [3.8, 4) is 0 Å². The highest BCUT2D eigenvalue weighted by atomic mass is 79.9. The number of halogens is 1. The number of rotatable bonds is 4. The molecule has 6 heteroatoms. The van der Waals surface area contributed by atoms with Gasteiger partial charge >= 0.3 is 0 Å². The average molecular weight is 334 g/mol. The predicted molar refractivity (Wildman–Crippen MR) is 81.3 cm³/mol. The van der Waals surface area contributed by atoms with Crippen molar-refractivity contribution in [2.24, 2.45) is 0 Å². The van der Waals surface area contributed by atoms with Crippen LogP contribution in [0, 0.1) is 0 Å². The van der Waals surface area contributed by atoms with Crippen LogP contribution in [0.25, 0.3) is 0 Å². The Morgan fingerprint density at radius 3 is 3.00 bits per heavy atom. The summed E-state index contributed by atoms with van der Waals surface area (Å²) in [7, 11) is 0. The van der Waals surface area contributed by atoms with Crippen LogP contribution in [0.5, 0.6) is 0 Å². The molecule has 1 N–H and O–H groups in total. The van der Waals surface area contributed by atoms with E-state index in [1.165, 1.54) is 0 Å². The standard InChI is InChI=1S/C14H16BrN5/c15-11-1-2-12(17-7-11)8-20-6-4-13(9-20)19-14-3-5-16-10-18-14/h1-3,5,7,10,13H,4,6,8-9H2,(H,16,18,19). The first kappa shape index (κ1) is 13.5. The van der Waals surface area contributed by atoms with E-state index in [2.05, 4.69) is 47.2 Å². The Kier molecular flexibility index (Phi) is 4.22. The monoisotopic (exact) mass is 333 g/mol. The third-order valence-corrected chi connectivity index (χ3v) is 3.85. The smallest absolute Gasteiger partial charge is 0.129 e. The molecule has 1 fully saturated rings. The predicted octanol–water partition coefficient (Wildman–Crippen LogP) is 2.32. The van der Waals surface area contributed by atoms with Crippen LogP contribution in [0.15, 0.2) is 41.4 Å². The summed E-state index contributed by atoms with van der Waals surface area (Å²) in [5.74, 6) is 0.897. The van der Waals surface area contributed by atoms with Crippen LogP contribution in [0.3, 0.4) is 0 Å². The Morgan fingerprint density at radius 1 is 1.30 bits per heavy atom. The molecule has 20 heavy (non-hydrogen) atoms. The molecule has 0 spiro atoms. The van der Waals surface area contributed by atoms with Gasteiger partial charge in [-0.15, -0.1) is 0 Å². The van der Waals surface area contributed by atoms with E-state index in [9.17, 15) is 0 Å². The lowest BCUT2D eigenvalue weighted by Gasteiger charge is -2.16.